The Kier molecular flexibility index (Phi) is 19.0. The lowest BCUT2D eigenvalue weighted by Crippen LogP contribution is -2.27. The average Bonchev–Trinajstić information content (AvgIpc) is 3.02. The largest absolute Gasteiger partial charge is 0.356 e. The lowest BCUT2D eigenvalue weighted by molar-refractivity contribution is -0.120. The summed E-state index contributed by atoms with van der Waals surface area (Å²) in [5, 5.41) is 19.3. The molecule has 0 heterocycles. The number of nitrogens with two attached hydrogens (primary N) is 1. The molecule has 44 heavy (non-hydrogen) atoms. The van der Waals surface area contributed by atoms with Crippen molar-refractivity contribution >= 4 is 49.3 Å². The van der Waals surface area contributed by atoms with Crippen LogP contribution >= 0.6 is 21.6 Å². The maximum Gasteiger partial charge on any atom is 0.252 e. The first-order valence-electron chi connectivity index (χ1n) is 12.9. The first-order valence-corrected chi connectivity index (χ1v) is 16.9. The van der Waals surface area contributed by atoms with Gasteiger partial charge in [-0.15, -0.1) is 6.42 Å². The number of nitrogens with zero attached hydrogens (tertiary/aromatic N) is 6. The lowest BCUT2D eigenvalue weighted by atomic mass is 10.1. The summed E-state index contributed by atoms with van der Waals surface area (Å²) in [4.78, 5) is 39.3. The molecular weight excluding hydrogens is 629 g/mol. The molecule has 0 aliphatic heterocycles. The second-order valence-corrected chi connectivity index (χ2v) is 12.6. The van der Waals surface area contributed by atoms with Gasteiger partial charge in [-0.3, -0.25) is 14.4 Å². The highest BCUT2D eigenvalue weighted by molar-refractivity contribution is 8.76. The molecule has 1 atom stereocenters. The van der Waals surface area contributed by atoms with Crippen LogP contribution in [0, 0.1) is 12.3 Å². The molecule has 18 heteroatoms. The Morgan fingerprint density at radius 1 is 0.886 bits per heavy atom. The van der Waals surface area contributed by atoms with Crippen molar-refractivity contribution in [2.45, 2.75) is 23.8 Å². The van der Waals surface area contributed by atoms with Crippen LogP contribution in [0.2, 0.25) is 0 Å². The van der Waals surface area contributed by atoms with Gasteiger partial charge in [0, 0.05) is 40.0 Å². The van der Waals surface area contributed by atoms with Crippen LogP contribution in [0.1, 0.15) is 34.8 Å². The minimum atomic E-state index is -3.78. The Morgan fingerprint density at radius 2 is 1.39 bits per heavy atom. The number of terminal acetylenes is 1. The Labute approximate surface area is 263 Å². The van der Waals surface area contributed by atoms with Gasteiger partial charge in [0.1, 0.15) is 19.1 Å². The van der Waals surface area contributed by atoms with E-state index < -0.39 is 22.0 Å². The Hall–Kier alpha value is -4.36. The van der Waals surface area contributed by atoms with Gasteiger partial charge in [-0.2, -0.15) is 0 Å². The molecular formula is C26H32N10O5S3. The van der Waals surface area contributed by atoms with Gasteiger partial charge in [0.2, 0.25) is 21.8 Å². The summed E-state index contributed by atoms with van der Waals surface area (Å²) in [5.41, 5.74) is 17.2. The third kappa shape index (κ3) is 16.9. The molecule has 0 spiro atoms. The van der Waals surface area contributed by atoms with E-state index in [1.807, 2.05) is 30.3 Å². The van der Waals surface area contributed by atoms with Crippen LogP contribution in [-0.2, 0) is 19.6 Å². The van der Waals surface area contributed by atoms with E-state index in [1.54, 1.807) is 21.6 Å². The van der Waals surface area contributed by atoms with Crippen molar-refractivity contribution < 1.29 is 22.8 Å². The molecule has 1 unspecified atom stereocenters. The highest BCUT2D eigenvalue weighted by atomic mass is 33.1. The van der Waals surface area contributed by atoms with Gasteiger partial charge in [0.25, 0.3) is 5.91 Å². The predicted octanol–water partition coefficient (Wildman–Crippen LogP) is 3.44. The molecule has 0 radical (unpaired) electrons. The molecule has 0 fully saturated rings. The number of primary sulfonamides is 1. The fourth-order valence-electron chi connectivity index (χ4n) is 3.02. The van der Waals surface area contributed by atoms with Crippen molar-refractivity contribution in [3.05, 3.63) is 86.6 Å². The van der Waals surface area contributed by atoms with E-state index >= 15 is 0 Å². The van der Waals surface area contributed by atoms with E-state index in [1.165, 1.54) is 24.3 Å². The van der Waals surface area contributed by atoms with Gasteiger partial charge in [-0.1, -0.05) is 68.1 Å². The number of carbonyl (C=O) groups excluding carboxylic acids is 3. The maximum absolute atomic E-state index is 12.2. The van der Waals surface area contributed by atoms with E-state index in [-0.39, 0.29) is 29.8 Å². The maximum atomic E-state index is 12.2. The number of carbonyl (C=O) groups is 3. The molecule has 0 saturated carbocycles. The highest BCUT2D eigenvalue weighted by Crippen LogP contribution is 2.22. The molecule has 15 nitrogen and oxygen atoms in total. The number of hydrogen-bond acceptors (Lipinski definition) is 9. The first kappa shape index (κ1) is 37.7. The van der Waals surface area contributed by atoms with Crippen molar-refractivity contribution in [2.24, 2.45) is 15.4 Å². The van der Waals surface area contributed by atoms with Crippen LogP contribution in [0.15, 0.2) is 69.7 Å². The Bertz CT molecular complexity index is 1420. The van der Waals surface area contributed by atoms with Gasteiger partial charge in [0.15, 0.2) is 0 Å². The molecule has 5 N–H and O–H groups in total. The molecule has 0 aromatic heterocycles. The van der Waals surface area contributed by atoms with Crippen LogP contribution in [-0.4, -0.2) is 63.8 Å². The standard InChI is InChI=1S/C16H14N2O3S.C10H18N8O2S2/c1-2-15(12-6-4-3-5-7-12)18-16(19)13-8-10-14(11-9-13)22(17,20)21;11-17-15-7-9(19)13-3-1-5-21-22-6-2-4-14-10(20)8-16-18-12/h1,3-11,15H,(H,18,19)(H2,17,20,21);1-8H2,(H,13,19)(H,14,20). The monoisotopic (exact) mass is 660 g/mol. The van der Waals surface area contributed by atoms with Crippen LogP contribution in [0.5, 0.6) is 0 Å². The van der Waals surface area contributed by atoms with E-state index in [9.17, 15) is 22.8 Å². The third-order valence-electron chi connectivity index (χ3n) is 5.11. The summed E-state index contributed by atoms with van der Waals surface area (Å²) >= 11 is 0. The van der Waals surface area contributed by atoms with Gasteiger partial charge in [-0.25, -0.2) is 13.6 Å². The smallest absolute Gasteiger partial charge is 0.252 e. The quantitative estimate of drug-likeness (QED) is 0.0491. The summed E-state index contributed by atoms with van der Waals surface area (Å²) in [6, 6.07) is 13.9. The highest BCUT2D eigenvalue weighted by Gasteiger charge is 2.14. The number of sulfonamides is 1. The molecule has 2 aromatic rings. The van der Waals surface area contributed by atoms with Crippen LogP contribution in [0.4, 0.5) is 0 Å². The molecule has 234 valence electrons. The molecule has 0 bridgehead atoms. The van der Waals surface area contributed by atoms with Gasteiger partial charge < -0.3 is 16.0 Å². The predicted molar refractivity (Wildman–Crippen MR) is 171 cm³/mol. The summed E-state index contributed by atoms with van der Waals surface area (Å²) in [7, 11) is -0.381. The molecule has 3 amide bonds. The summed E-state index contributed by atoms with van der Waals surface area (Å²) in [6.45, 7) is 0.791. The fourth-order valence-corrected chi connectivity index (χ4v) is 5.71. The number of amides is 3. The van der Waals surface area contributed by atoms with Crippen LogP contribution in [0.25, 0.3) is 20.9 Å². The van der Waals surface area contributed by atoms with E-state index in [0.29, 0.717) is 18.7 Å². The number of rotatable bonds is 17. The summed E-state index contributed by atoms with van der Waals surface area (Å²) in [5.74, 6) is 3.37. The number of nitrogens with one attached hydrogen (secondary N) is 3. The summed E-state index contributed by atoms with van der Waals surface area (Å²) < 4.78 is 22.3. The van der Waals surface area contributed by atoms with Gasteiger partial charge in [0.05, 0.1) is 4.90 Å². The molecule has 2 rings (SSSR count). The van der Waals surface area contributed by atoms with Crippen molar-refractivity contribution in [1.82, 2.24) is 16.0 Å². The van der Waals surface area contributed by atoms with Gasteiger partial charge >= 0.3 is 0 Å². The Balaban J connectivity index is 0.000000440. The lowest BCUT2D eigenvalue weighted by Gasteiger charge is -2.13. The number of azide groups is 2. The second-order valence-electron chi connectivity index (χ2n) is 8.38. The normalized spacial score (nSPS) is 10.7. The average molecular weight is 661 g/mol. The minimum Gasteiger partial charge on any atom is -0.356 e. The fraction of sp³-hybridized carbons (Fsp3) is 0.346. The zero-order chi connectivity index (χ0) is 32.6. The topological polar surface area (TPSA) is 245 Å². The molecule has 2 aromatic carbocycles. The van der Waals surface area contributed by atoms with Crippen molar-refractivity contribution in [2.75, 3.05) is 37.7 Å². The van der Waals surface area contributed by atoms with E-state index in [4.69, 9.17) is 22.6 Å². The Morgan fingerprint density at radius 3 is 1.82 bits per heavy atom. The summed E-state index contributed by atoms with van der Waals surface area (Å²) in [6.07, 6.45) is 7.12. The first-order chi connectivity index (χ1) is 21.1. The third-order valence-corrected chi connectivity index (χ3v) is 8.62. The number of hydrogen-bond donors (Lipinski definition) is 4. The van der Waals surface area contributed by atoms with Crippen LogP contribution < -0.4 is 21.1 Å². The van der Waals surface area contributed by atoms with Crippen molar-refractivity contribution in [3.63, 3.8) is 0 Å². The van der Waals surface area contributed by atoms with Gasteiger partial charge in [-0.05, 0) is 53.7 Å². The van der Waals surface area contributed by atoms with E-state index in [2.05, 4.69) is 41.9 Å². The van der Waals surface area contributed by atoms with Crippen molar-refractivity contribution in [3.8, 4) is 12.3 Å². The minimum absolute atomic E-state index is 0.0550. The number of benzene rings is 2. The SMILES string of the molecule is C#CC(NC(=O)c1ccc(S(N)(=O)=O)cc1)c1ccccc1.[N-]=[N+]=NCC(=O)NCCCSSCCCNC(=O)CN=[N+]=[N-]. The molecule has 0 aliphatic carbocycles. The van der Waals surface area contributed by atoms with Crippen molar-refractivity contribution in [1.29, 1.82) is 0 Å². The second kappa shape index (κ2) is 22.2. The zero-order valence-electron chi connectivity index (χ0n) is 23.5. The molecule has 0 aliphatic rings. The van der Waals surface area contributed by atoms with Crippen LogP contribution in [0.3, 0.4) is 0 Å². The zero-order valence-corrected chi connectivity index (χ0v) is 26.0. The van der Waals surface area contributed by atoms with E-state index in [0.717, 1.165) is 29.9 Å². The molecule has 0 saturated heterocycles.